The molecule has 1 saturated heterocycles. The number of ether oxygens (including phenoxy) is 4. The zero-order chi connectivity index (χ0) is 13.7. The maximum Gasteiger partial charge on any atom is 0.198 e. The van der Waals surface area contributed by atoms with Gasteiger partial charge in [-0.3, -0.25) is 0 Å². The number of hydrogen-bond donors (Lipinski definition) is 1. The highest BCUT2D eigenvalue weighted by Crippen LogP contribution is 2.41. The Balaban J connectivity index is 2.35. The molecule has 2 N–H and O–H groups in total. The summed E-state index contributed by atoms with van der Waals surface area (Å²) >= 11 is 0. The van der Waals surface area contributed by atoms with Gasteiger partial charge in [-0.25, -0.2) is 0 Å². The summed E-state index contributed by atoms with van der Waals surface area (Å²) in [5, 5.41) is 0. The first kappa shape index (κ1) is 14.1. The van der Waals surface area contributed by atoms with Crippen molar-refractivity contribution in [1.29, 1.82) is 0 Å². The van der Waals surface area contributed by atoms with Crippen LogP contribution in [0.1, 0.15) is 18.4 Å². The lowest BCUT2D eigenvalue weighted by atomic mass is 9.99. The minimum Gasteiger partial charge on any atom is -0.497 e. The van der Waals surface area contributed by atoms with Crippen molar-refractivity contribution in [3.8, 4) is 11.5 Å². The highest BCUT2D eigenvalue weighted by Gasteiger charge is 2.40. The van der Waals surface area contributed by atoms with Crippen LogP contribution in [0.15, 0.2) is 18.2 Å². The molecule has 1 fully saturated rings. The molecular weight excluding hydrogens is 246 g/mol. The van der Waals surface area contributed by atoms with Crippen molar-refractivity contribution in [2.24, 2.45) is 5.73 Å². The van der Waals surface area contributed by atoms with Crippen LogP contribution < -0.4 is 15.2 Å². The summed E-state index contributed by atoms with van der Waals surface area (Å²) in [6.45, 7) is 1.77. The molecule has 0 unspecified atom stereocenters. The lowest BCUT2D eigenvalue weighted by molar-refractivity contribution is -0.172. The minimum absolute atomic E-state index is 0.583. The van der Waals surface area contributed by atoms with Crippen molar-refractivity contribution in [3.63, 3.8) is 0 Å². The zero-order valence-electron chi connectivity index (χ0n) is 11.5. The zero-order valence-corrected chi connectivity index (χ0v) is 11.5. The highest BCUT2D eigenvalue weighted by molar-refractivity contribution is 5.43. The number of methoxy groups -OCH3 is 2. The maximum absolute atomic E-state index is 5.85. The van der Waals surface area contributed by atoms with E-state index in [1.807, 2.05) is 18.2 Å². The molecule has 1 aromatic rings. The van der Waals surface area contributed by atoms with Crippen LogP contribution in [-0.2, 0) is 15.3 Å². The van der Waals surface area contributed by atoms with E-state index in [1.54, 1.807) is 14.2 Å². The third-order valence-electron chi connectivity index (χ3n) is 3.28. The monoisotopic (exact) mass is 267 g/mol. The molecule has 2 rings (SSSR count). The number of nitrogens with two attached hydrogens (primary N) is 1. The Kier molecular flexibility index (Phi) is 4.63. The standard InChI is InChI=1S/C14H21NO4/c1-16-11-4-5-12(13(10-11)17-2)14(6-3-7-15)18-8-9-19-14/h4-5,10H,3,6-9,15H2,1-2H3. The van der Waals surface area contributed by atoms with Gasteiger partial charge in [0.1, 0.15) is 11.5 Å². The van der Waals surface area contributed by atoms with Gasteiger partial charge in [0.2, 0.25) is 0 Å². The molecule has 0 bridgehead atoms. The summed E-state index contributed by atoms with van der Waals surface area (Å²) in [7, 11) is 3.26. The topological polar surface area (TPSA) is 62.9 Å². The molecule has 0 saturated carbocycles. The van der Waals surface area contributed by atoms with Crippen LogP contribution in [0.5, 0.6) is 11.5 Å². The van der Waals surface area contributed by atoms with Gasteiger partial charge in [-0.05, 0) is 25.1 Å². The third-order valence-corrected chi connectivity index (χ3v) is 3.28. The number of hydrogen-bond acceptors (Lipinski definition) is 5. The second-order valence-corrected chi connectivity index (χ2v) is 4.41. The molecule has 1 aliphatic rings. The Morgan fingerprint density at radius 2 is 1.95 bits per heavy atom. The van der Waals surface area contributed by atoms with E-state index in [0.717, 1.165) is 17.7 Å². The third kappa shape index (κ3) is 2.83. The molecule has 1 aliphatic heterocycles. The minimum atomic E-state index is -0.739. The lowest BCUT2D eigenvalue weighted by Crippen LogP contribution is -2.28. The van der Waals surface area contributed by atoms with E-state index in [4.69, 9.17) is 24.7 Å². The quantitative estimate of drug-likeness (QED) is 0.849. The summed E-state index contributed by atoms with van der Waals surface area (Å²) < 4.78 is 22.3. The summed E-state index contributed by atoms with van der Waals surface area (Å²) in [5.41, 5.74) is 6.49. The van der Waals surface area contributed by atoms with Gasteiger partial charge in [-0.2, -0.15) is 0 Å². The van der Waals surface area contributed by atoms with Crippen LogP contribution in [0.4, 0.5) is 0 Å². The van der Waals surface area contributed by atoms with Gasteiger partial charge in [0.15, 0.2) is 5.79 Å². The van der Waals surface area contributed by atoms with Crippen molar-refractivity contribution >= 4 is 0 Å². The fourth-order valence-electron chi connectivity index (χ4n) is 2.34. The molecule has 0 atom stereocenters. The maximum atomic E-state index is 5.85. The van der Waals surface area contributed by atoms with Gasteiger partial charge in [0, 0.05) is 12.5 Å². The van der Waals surface area contributed by atoms with Gasteiger partial charge in [-0.1, -0.05) is 0 Å². The SMILES string of the molecule is COc1ccc(C2(CCCN)OCCO2)c(OC)c1. The second kappa shape index (κ2) is 6.23. The summed E-state index contributed by atoms with van der Waals surface area (Å²) in [4.78, 5) is 0. The smallest absolute Gasteiger partial charge is 0.198 e. The van der Waals surface area contributed by atoms with E-state index in [9.17, 15) is 0 Å². The normalized spacial score (nSPS) is 17.4. The lowest BCUT2D eigenvalue weighted by Gasteiger charge is -2.29. The number of benzene rings is 1. The van der Waals surface area contributed by atoms with Crippen LogP contribution in [0.25, 0.3) is 0 Å². The van der Waals surface area contributed by atoms with Crippen LogP contribution in [0, 0.1) is 0 Å². The Labute approximate surface area is 113 Å². The average molecular weight is 267 g/mol. The molecule has 0 aromatic heterocycles. The van der Waals surface area contributed by atoms with Crippen molar-refractivity contribution in [1.82, 2.24) is 0 Å². The van der Waals surface area contributed by atoms with Crippen LogP contribution in [0.3, 0.4) is 0 Å². The average Bonchev–Trinajstić information content (AvgIpc) is 2.94. The first-order valence-corrected chi connectivity index (χ1v) is 6.46. The van der Waals surface area contributed by atoms with Crippen molar-refractivity contribution in [2.75, 3.05) is 34.0 Å². The van der Waals surface area contributed by atoms with Crippen molar-refractivity contribution in [2.45, 2.75) is 18.6 Å². The van der Waals surface area contributed by atoms with E-state index in [2.05, 4.69) is 0 Å². The Bertz CT molecular complexity index is 416. The summed E-state index contributed by atoms with van der Waals surface area (Å²) in [5.74, 6) is 0.711. The first-order chi connectivity index (χ1) is 9.25. The summed E-state index contributed by atoms with van der Waals surface area (Å²) in [6, 6.07) is 5.65. The molecule has 19 heavy (non-hydrogen) atoms. The van der Waals surface area contributed by atoms with E-state index in [1.165, 1.54) is 0 Å². The Morgan fingerprint density at radius 1 is 1.21 bits per heavy atom. The second-order valence-electron chi connectivity index (χ2n) is 4.41. The Hall–Kier alpha value is -1.30. The van der Waals surface area contributed by atoms with Gasteiger partial charge < -0.3 is 24.7 Å². The van der Waals surface area contributed by atoms with Gasteiger partial charge in [0.05, 0.1) is 33.0 Å². The fourth-order valence-corrected chi connectivity index (χ4v) is 2.34. The predicted molar refractivity (Wildman–Crippen MR) is 71.4 cm³/mol. The molecular formula is C14H21NO4. The van der Waals surface area contributed by atoms with E-state index >= 15 is 0 Å². The number of rotatable bonds is 6. The molecule has 0 aliphatic carbocycles. The Morgan fingerprint density at radius 3 is 2.53 bits per heavy atom. The van der Waals surface area contributed by atoms with Crippen molar-refractivity contribution in [3.05, 3.63) is 23.8 Å². The summed E-state index contributed by atoms with van der Waals surface area (Å²) in [6.07, 6.45) is 1.54. The van der Waals surface area contributed by atoms with Gasteiger partial charge in [0.25, 0.3) is 0 Å². The predicted octanol–water partition coefficient (Wildman–Crippen LogP) is 1.64. The molecule has 5 heteroatoms. The fraction of sp³-hybridized carbons (Fsp3) is 0.571. The molecule has 0 amide bonds. The molecule has 1 aromatic carbocycles. The van der Waals surface area contributed by atoms with E-state index in [0.29, 0.717) is 31.9 Å². The molecule has 1 heterocycles. The van der Waals surface area contributed by atoms with Crippen LogP contribution >= 0.6 is 0 Å². The van der Waals surface area contributed by atoms with Gasteiger partial charge in [-0.15, -0.1) is 0 Å². The molecule has 0 radical (unpaired) electrons. The van der Waals surface area contributed by atoms with E-state index in [-0.39, 0.29) is 0 Å². The van der Waals surface area contributed by atoms with Crippen LogP contribution in [-0.4, -0.2) is 34.0 Å². The van der Waals surface area contributed by atoms with Gasteiger partial charge >= 0.3 is 0 Å². The first-order valence-electron chi connectivity index (χ1n) is 6.46. The largest absolute Gasteiger partial charge is 0.497 e. The highest BCUT2D eigenvalue weighted by atomic mass is 16.7. The molecule has 0 spiro atoms. The van der Waals surface area contributed by atoms with Crippen molar-refractivity contribution < 1.29 is 18.9 Å². The van der Waals surface area contributed by atoms with E-state index < -0.39 is 5.79 Å². The molecule has 5 nitrogen and oxygen atoms in total. The van der Waals surface area contributed by atoms with Crippen LogP contribution in [0.2, 0.25) is 0 Å². The molecule has 106 valence electrons.